The Kier molecular flexibility index (Phi) is 7.01. The Morgan fingerprint density at radius 2 is 1.87 bits per heavy atom. The van der Waals surface area contributed by atoms with E-state index in [0.29, 0.717) is 44.1 Å². The average Bonchev–Trinajstić information content (AvgIpc) is 3.32. The molecule has 0 spiro atoms. The number of anilines is 1. The van der Waals surface area contributed by atoms with Crippen LogP contribution in [0.15, 0.2) is 11.0 Å². The molecule has 0 unspecified atom stereocenters. The van der Waals surface area contributed by atoms with Gasteiger partial charge in [0.2, 0.25) is 10.0 Å². The highest BCUT2D eigenvalue weighted by Crippen LogP contribution is 2.31. The predicted molar refractivity (Wildman–Crippen MR) is 117 cm³/mol. The van der Waals surface area contributed by atoms with E-state index in [1.54, 1.807) is 10.5 Å². The third kappa shape index (κ3) is 4.69. The molecular formula is C20H31ClN4O4S. The molecular weight excluding hydrogens is 428 g/mol. The highest BCUT2D eigenvalue weighted by atomic mass is 35.5. The van der Waals surface area contributed by atoms with E-state index < -0.39 is 10.0 Å². The van der Waals surface area contributed by atoms with Crippen molar-refractivity contribution in [2.24, 2.45) is 5.92 Å². The van der Waals surface area contributed by atoms with Crippen molar-refractivity contribution in [1.29, 1.82) is 0 Å². The van der Waals surface area contributed by atoms with E-state index in [-0.39, 0.29) is 21.9 Å². The molecule has 3 heterocycles. The van der Waals surface area contributed by atoms with Crippen molar-refractivity contribution in [2.45, 2.75) is 62.7 Å². The van der Waals surface area contributed by atoms with E-state index in [1.165, 1.54) is 4.68 Å². The smallest absolute Gasteiger partial charge is 0.287 e. The molecule has 1 N–H and O–H groups in total. The maximum Gasteiger partial charge on any atom is 0.287 e. The number of nitrogens with zero attached hydrogens (tertiary/aromatic N) is 3. The Morgan fingerprint density at radius 3 is 2.53 bits per heavy atom. The summed E-state index contributed by atoms with van der Waals surface area (Å²) in [7, 11) is -3.23. The Labute approximate surface area is 183 Å². The van der Waals surface area contributed by atoms with Gasteiger partial charge in [0.25, 0.3) is 5.56 Å². The van der Waals surface area contributed by atoms with Crippen molar-refractivity contribution < 1.29 is 13.2 Å². The topological polar surface area (TPSA) is 93.5 Å². The largest absolute Gasteiger partial charge is 0.382 e. The minimum atomic E-state index is -3.23. The Morgan fingerprint density at radius 1 is 1.13 bits per heavy atom. The molecule has 3 fully saturated rings. The quantitative estimate of drug-likeness (QED) is 0.704. The lowest BCUT2D eigenvalue weighted by atomic mass is 10.0. The molecule has 0 amide bonds. The van der Waals surface area contributed by atoms with Crippen LogP contribution < -0.4 is 10.9 Å². The summed E-state index contributed by atoms with van der Waals surface area (Å²) in [5.74, 6) is 0.406. The van der Waals surface area contributed by atoms with E-state index in [9.17, 15) is 13.2 Å². The molecule has 30 heavy (non-hydrogen) atoms. The minimum Gasteiger partial charge on any atom is -0.382 e. The number of halogens is 1. The van der Waals surface area contributed by atoms with Crippen LogP contribution >= 0.6 is 11.6 Å². The fourth-order valence-corrected chi connectivity index (χ4v) is 7.06. The molecule has 1 aromatic rings. The zero-order valence-electron chi connectivity index (χ0n) is 17.3. The monoisotopic (exact) mass is 458 g/mol. The molecule has 0 bridgehead atoms. The van der Waals surface area contributed by atoms with Crippen molar-refractivity contribution in [3.8, 4) is 0 Å². The molecule has 0 aromatic carbocycles. The molecule has 2 aliphatic heterocycles. The summed E-state index contributed by atoms with van der Waals surface area (Å²) in [6, 6.07) is -0.133. The van der Waals surface area contributed by atoms with E-state index in [0.717, 1.165) is 51.7 Å². The number of hydrogen-bond acceptors (Lipinski definition) is 6. The number of rotatable bonds is 6. The van der Waals surface area contributed by atoms with Gasteiger partial charge in [0.1, 0.15) is 5.02 Å². The van der Waals surface area contributed by atoms with Gasteiger partial charge in [-0.15, -0.1) is 0 Å². The van der Waals surface area contributed by atoms with Crippen LogP contribution in [0.4, 0.5) is 5.69 Å². The molecule has 8 nitrogen and oxygen atoms in total. The SMILES string of the molecule is O=c1c(Cl)c(NC[C@H]2CCCOC2)cnn1C1CCN(S(=O)(=O)C2CCCC2)CC1. The third-order valence-electron chi connectivity index (χ3n) is 6.63. The van der Waals surface area contributed by atoms with Gasteiger partial charge in [-0.05, 0) is 44.4 Å². The predicted octanol–water partition coefficient (Wildman–Crippen LogP) is 2.64. The first-order chi connectivity index (χ1) is 14.5. The summed E-state index contributed by atoms with van der Waals surface area (Å²) in [6.07, 6.45) is 8.41. The van der Waals surface area contributed by atoms with Crippen LogP contribution in [0.2, 0.25) is 5.02 Å². The number of nitrogens with one attached hydrogen (secondary N) is 1. The Hall–Kier alpha value is -1.16. The molecule has 168 valence electrons. The normalized spacial score (nSPS) is 24.9. The number of hydrogen-bond donors (Lipinski definition) is 1. The summed E-state index contributed by atoms with van der Waals surface area (Å²) >= 11 is 6.35. The molecule has 1 aromatic heterocycles. The van der Waals surface area contributed by atoms with Gasteiger partial charge in [0, 0.05) is 26.2 Å². The highest BCUT2D eigenvalue weighted by Gasteiger charge is 2.36. The molecule has 4 rings (SSSR count). The average molecular weight is 459 g/mol. The molecule has 0 radical (unpaired) electrons. The molecule has 3 aliphatic rings. The number of aromatic nitrogens is 2. The van der Waals surface area contributed by atoms with Crippen molar-refractivity contribution >= 4 is 27.3 Å². The van der Waals surface area contributed by atoms with Gasteiger partial charge >= 0.3 is 0 Å². The van der Waals surface area contributed by atoms with Gasteiger partial charge in [-0.1, -0.05) is 24.4 Å². The van der Waals surface area contributed by atoms with Crippen molar-refractivity contribution in [2.75, 3.05) is 38.2 Å². The molecule has 10 heteroatoms. The van der Waals surface area contributed by atoms with Crippen LogP contribution in [-0.2, 0) is 14.8 Å². The first kappa shape index (κ1) is 22.0. The molecule has 1 saturated carbocycles. The first-order valence-electron chi connectivity index (χ1n) is 11.0. The van der Waals surface area contributed by atoms with E-state index in [1.807, 2.05) is 0 Å². The van der Waals surface area contributed by atoms with Crippen molar-refractivity contribution in [3.05, 3.63) is 21.6 Å². The number of ether oxygens (including phenoxy) is 1. The van der Waals surface area contributed by atoms with E-state index in [4.69, 9.17) is 16.3 Å². The molecule has 1 aliphatic carbocycles. The van der Waals surface area contributed by atoms with Crippen LogP contribution in [0.5, 0.6) is 0 Å². The Bertz CT molecular complexity index is 887. The van der Waals surface area contributed by atoms with Crippen LogP contribution in [0, 0.1) is 5.92 Å². The second-order valence-electron chi connectivity index (χ2n) is 8.67. The highest BCUT2D eigenvalue weighted by molar-refractivity contribution is 7.89. The summed E-state index contributed by atoms with van der Waals surface area (Å²) in [5.41, 5.74) is 0.225. The lowest BCUT2D eigenvalue weighted by Crippen LogP contribution is -2.44. The minimum absolute atomic E-state index is 0.133. The van der Waals surface area contributed by atoms with Gasteiger partial charge in [-0.2, -0.15) is 5.10 Å². The second kappa shape index (κ2) is 9.54. The summed E-state index contributed by atoms with van der Waals surface area (Å²) in [6.45, 7) is 3.09. The first-order valence-corrected chi connectivity index (χ1v) is 12.9. The molecule has 2 saturated heterocycles. The maximum atomic E-state index is 12.8. The second-order valence-corrected chi connectivity index (χ2v) is 11.3. The fraction of sp³-hybridized carbons (Fsp3) is 0.800. The zero-order valence-corrected chi connectivity index (χ0v) is 18.8. The van der Waals surface area contributed by atoms with Crippen LogP contribution in [0.25, 0.3) is 0 Å². The lowest BCUT2D eigenvalue weighted by Gasteiger charge is -2.33. The van der Waals surface area contributed by atoms with Gasteiger partial charge in [-0.25, -0.2) is 17.4 Å². The zero-order chi connectivity index (χ0) is 21.1. The van der Waals surface area contributed by atoms with Crippen LogP contribution in [0.3, 0.4) is 0 Å². The van der Waals surface area contributed by atoms with Gasteiger partial charge in [-0.3, -0.25) is 4.79 Å². The van der Waals surface area contributed by atoms with E-state index >= 15 is 0 Å². The summed E-state index contributed by atoms with van der Waals surface area (Å²) < 4.78 is 34.1. The third-order valence-corrected chi connectivity index (χ3v) is 9.40. The van der Waals surface area contributed by atoms with Crippen LogP contribution in [-0.4, -0.2) is 60.6 Å². The maximum absolute atomic E-state index is 12.8. The number of piperidine rings is 1. The van der Waals surface area contributed by atoms with Crippen molar-refractivity contribution in [1.82, 2.24) is 14.1 Å². The lowest BCUT2D eigenvalue weighted by molar-refractivity contribution is 0.0595. The summed E-state index contributed by atoms with van der Waals surface area (Å²) in [4.78, 5) is 12.8. The van der Waals surface area contributed by atoms with Crippen molar-refractivity contribution in [3.63, 3.8) is 0 Å². The molecule has 1 atom stereocenters. The van der Waals surface area contributed by atoms with E-state index in [2.05, 4.69) is 10.4 Å². The standard InChI is InChI=1S/C20H31ClN4O4S/c21-19-18(22-12-15-4-3-11-29-14-15)13-23-25(20(19)26)16-7-9-24(10-8-16)30(27,28)17-5-1-2-6-17/h13,15-17,22H,1-12,14H2/t15-/m1/s1. The number of sulfonamides is 1. The summed E-state index contributed by atoms with van der Waals surface area (Å²) in [5, 5.41) is 7.49. The fourth-order valence-electron chi connectivity index (χ4n) is 4.79. The van der Waals surface area contributed by atoms with Crippen LogP contribution in [0.1, 0.15) is 57.4 Å². The van der Waals surface area contributed by atoms with Gasteiger partial charge in [0.15, 0.2) is 0 Å². The van der Waals surface area contributed by atoms with Gasteiger partial charge in [0.05, 0.1) is 29.8 Å². The Balaban J connectivity index is 1.37. The van der Waals surface area contributed by atoms with Gasteiger partial charge < -0.3 is 10.1 Å².